The molecular formula is C40H47ClN8O8. The maximum atomic E-state index is 14.3. The summed E-state index contributed by atoms with van der Waals surface area (Å²) in [6.45, 7) is 0.303. The summed E-state index contributed by atoms with van der Waals surface area (Å²) >= 11 is 5.67. The Labute approximate surface area is 333 Å². The fraction of sp³-hybridized carbons (Fsp3) is 0.375. The van der Waals surface area contributed by atoms with Gasteiger partial charge in [-0.1, -0.05) is 48.5 Å². The number of carboxylic acids is 1. The molecule has 3 aromatic carbocycles. The molecule has 16 nitrogen and oxygen atoms in total. The molecule has 1 aromatic heterocycles. The predicted octanol–water partition coefficient (Wildman–Crippen LogP) is 2.89. The lowest BCUT2D eigenvalue weighted by molar-refractivity contribution is -0.146. The Morgan fingerprint density at radius 1 is 0.860 bits per heavy atom. The topological polar surface area (TPSA) is 245 Å². The molecule has 1 fully saturated rings. The minimum absolute atomic E-state index is 0.0114. The van der Waals surface area contributed by atoms with Crippen molar-refractivity contribution in [3.05, 3.63) is 78.5 Å². The summed E-state index contributed by atoms with van der Waals surface area (Å²) in [5, 5.41) is 25.5. The highest BCUT2D eigenvalue weighted by Crippen LogP contribution is 2.23. The number of piperidine rings is 1. The number of alkyl halides is 1. The number of aromatic amines is 1. The number of fused-ring (bicyclic) bond motifs is 2. The number of primary amides is 1. The van der Waals surface area contributed by atoms with Gasteiger partial charge in [0.2, 0.25) is 29.5 Å². The third-order valence-electron chi connectivity index (χ3n) is 9.84. The Morgan fingerprint density at radius 2 is 1.61 bits per heavy atom. The predicted molar refractivity (Wildman–Crippen MR) is 214 cm³/mol. The number of halogens is 1. The number of hydrogen-bond donors (Lipinski definition) is 8. The Bertz CT molecular complexity index is 2110. The minimum atomic E-state index is -1.24. The third kappa shape index (κ3) is 11.7. The first kappa shape index (κ1) is 42.0. The maximum Gasteiger partial charge on any atom is 0.312 e. The maximum absolute atomic E-state index is 14.3. The van der Waals surface area contributed by atoms with E-state index in [1.165, 1.54) is 4.90 Å². The van der Waals surface area contributed by atoms with Gasteiger partial charge in [0.15, 0.2) is 0 Å². The quantitative estimate of drug-likeness (QED) is 0.0548. The van der Waals surface area contributed by atoms with Crippen LogP contribution in [0.5, 0.6) is 0 Å². The molecular weight excluding hydrogens is 756 g/mol. The van der Waals surface area contributed by atoms with E-state index in [2.05, 4.69) is 31.6 Å². The minimum Gasteiger partial charge on any atom is -0.481 e. The molecule has 9 N–H and O–H groups in total. The largest absolute Gasteiger partial charge is 0.481 e. The van der Waals surface area contributed by atoms with Crippen LogP contribution >= 0.6 is 11.6 Å². The molecule has 0 saturated carbocycles. The Morgan fingerprint density at radius 3 is 2.37 bits per heavy atom. The third-order valence-corrected chi connectivity index (χ3v) is 10.1. The zero-order chi connectivity index (χ0) is 40.9. The number of anilines is 1. The van der Waals surface area contributed by atoms with Crippen molar-refractivity contribution in [3.63, 3.8) is 0 Å². The highest BCUT2D eigenvalue weighted by atomic mass is 35.5. The molecule has 4 atom stereocenters. The Balaban J connectivity index is 1.40. The first-order chi connectivity index (χ1) is 27.4. The van der Waals surface area contributed by atoms with E-state index in [0.717, 1.165) is 21.7 Å². The molecule has 7 amide bonds. The van der Waals surface area contributed by atoms with Gasteiger partial charge < -0.3 is 47.3 Å². The van der Waals surface area contributed by atoms with Crippen LogP contribution in [0.2, 0.25) is 0 Å². The van der Waals surface area contributed by atoms with E-state index >= 15 is 0 Å². The number of nitrogens with one attached hydrogen (secondary N) is 6. The van der Waals surface area contributed by atoms with Crippen molar-refractivity contribution in [2.24, 2.45) is 5.73 Å². The van der Waals surface area contributed by atoms with E-state index in [1.807, 2.05) is 60.7 Å². The second-order valence-electron chi connectivity index (χ2n) is 13.9. The summed E-state index contributed by atoms with van der Waals surface area (Å²) in [5.41, 5.74) is 7.26. The molecule has 3 unspecified atom stereocenters. The van der Waals surface area contributed by atoms with Gasteiger partial charge in [0.05, 0.1) is 0 Å². The second kappa shape index (κ2) is 20.1. The van der Waals surface area contributed by atoms with Gasteiger partial charge in [0, 0.05) is 48.7 Å². The summed E-state index contributed by atoms with van der Waals surface area (Å²) in [4.78, 5) is 95.6. The summed E-state index contributed by atoms with van der Waals surface area (Å²) in [7, 11) is 0. The zero-order valence-corrected chi connectivity index (χ0v) is 32.0. The molecule has 5 rings (SSSR count). The first-order valence-electron chi connectivity index (χ1n) is 18.8. The van der Waals surface area contributed by atoms with Crippen molar-refractivity contribution in [1.29, 1.82) is 0 Å². The molecule has 1 aliphatic rings. The van der Waals surface area contributed by atoms with Gasteiger partial charge in [0.1, 0.15) is 30.0 Å². The number of nitrogens with zero attached hydrogens (tertiary/aromatic N) is 1. The molecule has 0 spiro atoms. The van der Waals surface area contributed by atoms with Crippen LogP contribution in [0.4, 0.5) is 10.5 Å². The number of carbonyl (C=O) groups is 7. The molecule has 2 heterocycles. The standard InChI is InChI=1S/C40H47ClN8O8/c41-22-34(50)46-31(16-17-35(51)52)39(56)49-19-6-5-13-33(49)38(55)48-32(21-26-23-44-29-11-4-3-10-28(26)29)37(54)47-30(12-7-18-43-40(42)57)36(53)45-27-15-14-24-8-1-2-9-25(24)20-27/h1-4,8-11,14-15,20,23,30-33,44H,5-7,12-13,16-19,21-22H2,(H,45,53)(H,46,50)(H,47,54)(H,48,55)(H,51,52)(H3,42,43,57)/t30?,31?,32?,33-/m0/s1. The zero-order valence-electron chi connectivity index (χ0n) is 31.2. The summed E-state index contributed by atoms with van der Waals surface area (Å²) < 4.78 is 0. The van der Waals surface area contributed by atoms with Crippen LogP contribution in [0, 0.1) is 0 Å². The fourth-order valence-electron chi connectivity index (χ4n) is 6.98. The summed E-state index contributed by atoms with van der Waals surface area (Å²) in [6.07, 6.45) is 2.90. The second-order valence-corrected chi connectivity index (χ2v) is 14.2. The Hall–Kier alpha value is -6.16. The Kier molecular flexibility index (Phi) is 14.8. The highest BCUT2D eigenvalue weighted by molar-refractivity contribution is 6.27. The monoisotopic (exact) mass is 802 g/mol. The number of nitrogens with two attached hydrogens (primary N) is 1. The normalized spacial score (nSPS) is 15.5. The average molecular weight is 803 g/mol. The van der Waals surface area contributed by atoms with Crippen molar-refractivity contribution in [2.75, 3.05) is 24.3 Å². The highest BCUT2D eigenvalue weighted by Gasteiger charge is 2.38. The number of likely N-dealkylation sites (tertiary alicyclic amines) is 1. The van der Waals surface area contributed by atoms with E-state index in [-0.39, 0.29) is 45.2 Å². The number of benzene rings is 3. The fourth-order valence-corrected chi connectivity index (χ4v) is 7.06. The van der Waals surface area contributed by atoms with Gasteiger partial charge in [-0.25, -0.2) is 4.79 Å². The van der Waals surface area contributed by atoms with Crippen molar-refractivity contribution in [2.45, 2.75) is 75.5 Å². The molecule has 17 heteroatoms. The first-order valence-corrected chi connectivity index (χ1v) is 19.3. The van der Waals surface area contributed by atoms with Gasteiger partial charge in [-0.15, -0.1) is 11.6 Å². The van der Waals surface area contributed by atoms with Crippen LogP contribution < -0.4 is 32.3 Å². The van der Waals surface area contributed by atoms with Crippen molar-refractivity contribution < 1.29 is 38.7 Å². The smallest absolute Gasteiger partial charge is 0.312 e. The van der Waals surface area contributed by atoms with Crippen LogP contribution in [0.25, 0.3) is 21.7 Å². The van der Waals surface area contributed by atoms with Gasteiger partial charge in [0.25, 0.3) is 0 Å². The van der Waals surface area contributed by atoms with Crippen LogP contribution in [-0.2, 0) is 35.2 Å². The lowest BCUT2D eigenvalue weighted by Crippen LogP contribution is -2.60. The van der Waals surface area contributed by atoms with Gasteiger partial charge in [-0.05, 0) is 73.1 Å². The van der Waals surface area contributed by atoms with E-state index in [9.17, 15) is 38.7 Å². The summed E-state index contributed by atoms with van der Waals surface area (Å²) in [6, 6.07) is 15.2. The SMILES string of the molecule is NC(=O)NCCCC(NC(=O)C(Cc1c[nH]c2ccccc12)NC(=O)[C@@H]1CCCCN1C(=O)C(CCC(=O)O)NC(=O)CCl)C(=O)Nc1ccc2ccccc2c1. The number of amides is 7. The lowest BCUT2D eigenvalue weighted by Gasteiger charge is -2.37. The molecule has 1 aliphatic heterocycles. The van der Waals surface area contributed by atoms with Gasteiger partial charge in [-0.2, -0.15) is 0 Å². The van der Waals surface area contributed by atoms with Crippen LogP contribution in [0.15, 0.2) is 72.9 Å². The van der Waals surface area contributed by atoms with Crippen molar-refractivity contribution in [3.8, 4) is 0 Å². The van der Waals surface area contributed by atoms with Gasteiger partial charge >= 0.3 is 12.0 Å². The molecule has 1 saturated heterocycles. The van der Waals surface area contributed by atoms with Crippen LogP contribution in [0.1, 0.15) is 50.5 Å². The number of aliphatic carboxylic acids is 1. The molecule has 4 aromatic rings. The molecule has 0 radical (unpaired) electrons. The van der Waals surface area contributed by atoms with Crippen molar-refractivity contribution in [1.82, 2.24) is 31.2 Å². The number of urea groups is 1. The average Bonchev–Trinajstić information content (AvgIpc) is 3.62. The van der Waals surface area contributed by atoms with E-state index in [0.29, 0.717) is 24.1 Å². The van der Waals surface area contributed by atoms with Gasteiger partial charge in [-0.3, -0.25) is 28.8 Å². The molecule has 0 bridgehead atoms. The lowest BCUT2D eigenvalue weighted by atomic mass is 9.97. The number of hydrogen-bond acceptors (Lipinski definition) is 7. The van der Waals surface area contributed by atoms with Crippen LogP contribution in [0.3, 0.4) is 0 Å². The van der Waals surface area contributed by atoms with E-state index < -0.39 is 78.0 Å². The number of rotatable bonds is 18. The van der Waals surface area contributed by atoms with Crippen molar-refractivity contribution >= 4 is 80.5 Å². The van der Waals surface area contributed by atoms with Crippen LogP contribution in [-0.4, -0.2) is 99.7 Å². The van der Waals surface area contributed by atoms with E-state index in [4.69, 9.17) is 17.3 Å². The summed E-state index contributed by atoms with van der Waals surface area (Å²) in [5.74, 6) is -4.75. The number of para-hydroxylation sites is 1. The van der Waals surface area contributed by atoms with E-state index in [1.54, 1.807) is 12.3 Å². The number of carbonyl (C=O) groups excluding carboxylic acids is 6. The molecule has 302 valence electrons. The molecule has 0 aliphatic carbocycles. The number of H-pyrrole nitrogens is 1. The number of carboxylic acid groups (broad SMARTS) is 1. The molecule has 57 heavy (non-hydrogen) atoms. The number of aromatic nitrogens is 1.